The van der Waals surface area contributed by atoms with E-state index in [-0.39, 0.29) is 14.9 Å². The lowest BCUT2D eigenvalue weighted by Gasteiger charge is -2.37. The lowest BCUT2D eigenvalue weighted by Crippen LogP contribution is -2.44. The Morgan fingerprint density at radius 3 is 2.16 bits per heavy atom. The van der Waals surface area contributed by atoms with Crippen molar-refractivity contribution in [3.63, 3.8) is 0 Å². The van der Waals surface area contributed by atoms with Gasteiger partial charge in [0.05, 0.1) is 9.52 Å². The predicted molar refractivity (Wildman–Crippen MR) is 111 cm³/mol. The fraction of sp³-hybridized carbons (Fsp3) is 0.714. The highest BCUT2D eigenvalue weighted by Crippen LogP contribution is 2.27. The average molecular weight is 366 g/mol. The van der Waals surface area contributed by atoms with E-state index < -0.39 is 0 Å². The molecule has 0 aliphatic carbocycles. The molecular weight excluding hydrogens is 326 g/mol. The average Bonchev–Trinajstić information content (AvgIpc) is 2.91. The van der Waals surface area contributed by atoms with Crippen molar-refractivity contribution in [3.8, 4) is 0 Å². The zero-order valence-corrected chi connectivity index (χ0v) is 18.1. The molecule has 0 aromatic carbocycles. The molecule has 144 valence electrons. The van der Waals surface area contributed by atoms with Gasteiger partial charge in [-0.25, -0.2) is 0 Å². The third-order valence-electron chi connectivity index (χ3n) is 4.42. The summed E-state index contributed by atoms with van der Waals surface area (Å²) >= 11 is 0. The minimum absolute atomic E-state index is 0.0799. The molecular formula is C21H39NO2Si. The van der Waals surface area contributed by atoms with Crippen molar-refractivity contribution >= 4 is 9.52 Å². The minimum atomic E-state index is -0.177. The van der Waals surface area contributed by atoms with Crippen LogP contribution in [0.3, 0.4) is 0 Å². The third-order valence-corrected chi connectivity index (χ3v) is 6.79. The van der Waals surface area contributed by atoms with E-state index in [9.17, 15) is 0 Å². The molecule has 0 aromatic heterocycles. The molecule has 2 aliphatic rings. The second kappa shape index (κ2) is 14.3. The first-order valence-electron chi connectivity index (χ1n) is 10.3. The molecule has 2 aliphatic heterocycles. The quantitative estimate of drug-likeness (QED) is 0.328. The van der Waals surface area contributed by atoms with Gasteiger partial charge in [-0.2, -0.15) is 0 Å². The van der Waals surface area contributed by atoms with E-state index in [0.29, 0.717) is 0 Å². The van der Waals surface area contributed by atoms with Crippen LogP contribution >= 0.6 is 0 Å². The zero-order chi connectivity index (χ0) is 18.2. The number of nitrogens with zero attached hydrogens (tertiary/aromatic N) is 1. The standard InChI is InChI=1S/C12H26O2Si.C9H13N/c1-3-5-10-14-12(13-9-4-2)8-6-7-11-15-12;1-2-7-10-8-5-3-4-6-9-10/h3-11,15H2,1-2H3;3-6,8-9H,2,7H2,1H3. The van der Waals surface area contributed by atoms with Gasteiger partial charge in [-0.3, -0.25) is 0 Å². The van der Waals surface area contributed by atoms with Crippen molar-refractivity contribution in [2.75, 3.05) is 19.8 Å². The van der Waals surface area contributed by atoms with Crippen LogP contribution in [0.15, 0.2) is 36.7 Å². The zero-order valence-electron chi connectivity index (χ0n) is 16.7. The summed E-state index contributed by atoms with van der Waals surface area (Å²) in [5.74, 6) is 0. The van der Waals surface area contributed by atoms with E-state index in [0.717, 1.165) is 32.6 Å². The highest BCUT2D eigenvalue weighted by molar-refractivity contribution is 6.39. The number of ether oxygens (including phenoxy) is 2. The Hall–Kier alpha value is -0.843. The number of unbranched alkanes of at least 4 members (excludes halogenated alkanes) is 1. The Morgan fingerprint density at radius 2 is 1.60 bits per heavy atom. The molecule has 0 spiro atoms. The SMILES string of the molecule is CCCCOC1(OCCC)CCCC[SiH2]1.CCCN1C=CC=CC=C1. The van der Waals surface area contributed by atoms with Crippen molar-refractivity contribution < 1.29 is 9.47 Å². The van der Waals surface area contributed by atoms with Gasteiger partial charge < -0.3 is 14.4 Å². The minimum Gasteiger partial charge on any atom is -0.354 e. The van der Waals surface area contributed by atoms with Crippen LogP contribution in [0, 0.1) is 0 Å². The fourth-order valence-corrected chi connectivity index (χ4v) is 5.24. The Balaban J connectivity index is 0.000000271. The van der Waals surface area contributed by atoms with Gasteiger partial charge in [-0.05, 0) is 44.3 Å². The first-order chi connectivity index (χ1) is 12.3. The molecule has 4 heteroatoms. The topological polar surface area (TPSA) is 21.7 Å². The molecule has 0 aromatic rings. The summed E-state index contributed by atoms with van der Waals surface area (Å²) in [4.78, 5) is 2.18. The number of allylic oxidation sites excluding steroid dienone is 4. The fourth-order valence-electron chi connectivity index (χ4n) is 3.02. The summed E-state index contributed by atoms with van der Waals surface area (Å²) in [6.45, 7) is 9.44. The van der Waals surface area contributed by atoms with Crippen LogP contribution in [0.2, 0.25) is 6.04 Å². The maximum absolute atomic E-state index is 6.05. The molecule has 0 radical (unpaired) electrons. The molecule has 1 unspecified atom stereocenters. The van der Waals surface area contributed by atoms with Gasteiger partial charge in [0.15, 0.2) is 0 Å². The van der Waals surface area contributed by atoms with Gasteiger partial charge in [0.1, 0.15) is 5.41 Å². The van der Waals surface area contributed by atoms with Crippen LogP contribution in [0.25, 0.3) is 0 Å². The van der Waals surface area contributed by atoms with Crippen molar-refractivity contribution in [1.82, 2.24) is 4.90 Å². The summed E-state index contributed by atoms with van der Waals surface area (Å²) in [5.41, 5.74) is -0.0799. The lowest BCUT2D eigenvalue weighted by molar-refractivity contribution is -0.188. The van der Waals surface area contributed by atoms with E-state index in [2.05, 4.69) is 50.2 Å². The third kappa shape index (κ3) is 10.0. The number of rotatable bonds is 9. The van der Waals surface area contributed by atoms with Crippen molar-refractivity contribution in [3.05, 3.63) is 36.7 Å². The second-order valence-corrected chi connectivity index (χ2v) is 9.11. The van der Waals surface area contributed by atoms with E-state index >= 15 is 0 Å². The normalized spacial score (nSPS) is 23.4. The molecule has 0 N–H and O–H groups in total. The summed E-state index contributed by atoms with van der Waals surface area (Å²) in [5, 5.41) is 0. The summed E-state index contributed by atoms with van der Waals surface area (Å²) < 4.78 is 12.1. The van der Waals surface area contributed by atoms with Crippen molar-refractivity contribution in [2.24, 2.45) is 0 Å². The summed E-state index contributed by atoms with van der Waals surface area (Å²) in [7, 11) is -0.177. The van der Waals surface area contributed by atoms with Crippen LogP contribution in [-0.4, -0.2) is 39.6 Å². The Morgan fingerprint density at radius 1 is 0.880 bits per heavy atom. The number of hydrogen-bond donors (Lipinski definition) is 0. The molecule has 25 heavy (non-hydrogen) atoms. The van der Waals surface area contributed by atoms with E-state index in [1.807, 2.05) is 12.2 Å². The van der Waals surface area contributed by atoms with Gasteiger partial charge >= 0.3 is 0 Å². The number of hydrogen-bond acceptors (Lipinski definition) is 3. The highest BCUT2D eigenvalue weighted by Gasteiger charge is 2.33. The maximum Gasteiger partial charge on any atom is 0.144 e. The molecule has 1 saturated heterocycles. The largest absolute Gasteiger partial charge is 0.354 e. The molecule has 0 saturated carbocycles. The Kier molecular flexibility index (Phi) is 12.7. The van der Waals surface area contributed by atoms with Crippen molar-refractivity contribution in [1.29, 1.82) is 0 Å². The van der Waals surface area contributed by atoms with Gasteiger partial charge in [0, 0.05) is 32.2 Å². The van der Waals surface area contributed by atoms with E-state index in [4.69, 9.17) is 9.47 Å². The molecule has 0 bridgehead atoms. The van der Waals surface area contributed by atoms with Crippen LogP contribution < -0.4 is 0 Å². The van der Waals surface area contributed by atoms with Gasteiger partial charge in [0.25, 0.3) is 0 Å². The van der Waals surface area contributed by atoms with Gasteiger partial charge in [-0.15, -0.1) is 0 Å². The summed E-state index contributed by atoms with van der Waals surface area (Å²) in [6.07, 6.45) is 20.9. The Labute approximate surface area is 158 Å². The molecule has 3 nitrogen and oxygen atoms in total. The van der Waals surface area contributed by atoms with Crippen LogP contribution in [0.1, 0.15) is 65.7 Å². The molecule has 1 atom stereocenters. The molecule has 2 heterocycles. The monoisotopic (exact) mass is 365 g/mol. The predicted octanol–water partition coefficient (Wildman–Crippen LogP) is 4.95. The first kappa shape index (κ1) is 22.2. The molecule has 2 rings (SSSR count). The smallest absolute Gasteiger partial charge is 0.144 e. The molecule has 1 fully saturated rings. The molecule has 0 amide bonds. The second-order valence-electron chi connectivity index (χ2n) is 6.83. The van der Waals surface area contributed by atoms with Crippen LogP contribution in [0.4, 0.5) is 0 Å². The van der Waals surface area contributed by atoms with Crippen LogP contribution in [0.5, 0.6) is 0 Å². The maximum atomic E-state index is 6.05. The first-order valence-corrected chi connectivity index (χ1v) is 12.0. The van der Waals surface area contributed by atoms with E-state index in [1.165, 1.54) is 38.1 Å². The van der Waals surface area contributed by atoms with Crippen LogP contribution in [-0.2, 0) is 9.47 Å². The van der Waals surface area contributed by atoms with E-state index in [1.54, 1.807) is 0 Å². The Bertz CT molecular complexity index is 385. The highest BCUT2D eigenvalue weighted by atomic mass is 28.2. The van der Waals surface area contributed by atoms with Crippen molar-refractivity contribution in [2.45, 2.75) is 77.2 Å². The van der Waals surface area contributed by atoms with Gasteiger partial charge in [-0.1, -0.05) is 51.8 Å². The lowest BCUT2D eigenvalue weighted by atomic mass is 10.2. The van der Waals surface area contributed by atoms with Gasteiger partial charge in [0.2, 0.25) is 0 Å². The summed E-state index contributed by atoms with van der Waals surface area (Å²) in [6, 6.07) is 1.40.